The summed E-state index contributed by atoms with van der Waals surface area (Å²) in [6.07, 6.45) is 18.3. The number of rotatable bonds is 5. The number of hydrogen-bond acceptors (Lipinski definition) is 2. The lowest BCUT2D eigenvalue weighted by Crippen LogP contribution is -2.58. The predicted octanol–water partition coefficient (Wildman–Crippen LogP) is 6.19. The summed E-state index contributed by atoms with van der Waals surface area (Å²) in [5.74, 6) is 3.40. The van der Waals surface area contributed by atoms with Crippen LogP contribution in [0.1, 0.15) is 105 Å². The van der Waals surface area contributed by atoms with Crippen LogP contribution in [0, 0.1) is 34.5 Å². The van der Waals surface area contributed by atoms with Crippen molar-refractivity contribution in [3.63, 3.8) is 0 Å². The summed E-state index contributed by atoms with van der Waals surface area (Å²) < 4.78 is 0. The summed E-state index contributed by atoms with van der Waals surface area (Å²) in [5, 5.41) is 0. The molecule has 4 aliphatic carbocycles. The summed E-state index contributed by atoms with van der Waals surface area (Å²) in [6.45, 7) is 9.86. The van der Waals surface area contributed by atoms with Gasteiger partial charge in [-0.2, -0.15) is 0 Å². The summed E-state index contributed by atoms with van der Waals surface area (Å²) in [5.41, 5.74) is 16.1. The van der Waals surface area contributed by atoms with Crippen LogP contribution in [0.3, 0.4) is 0 Å². The number of allylic oxidation sites excluding steroid dienone is 1. The largest absolute Gasteiger partial charge is 0.327 e. The number of unbranched alkanes of at least 4 members (excludes halogenated alkanes) is 1. The molecule has 0 aromatic heterocycles. The molecule has 0 bridgehead atoms. The Labute approximate surface area is 174 Å². The van der Waals surface area contributed by atoms with Crippen molar-refractivity contribution in [2.24, 2.45) is 46.0 Å². The first-order valence-corrected chi connectivity index (χ1v) is 12.4. The molecule has 0 amide bonds. The van der Waals surface area contributed by atoms with Crippen LogP contribution in [0.4, 0.5) is 0 Å². The third-order valence-corrected chi connectivity index (χ3v) is 10.2. The zero-order valence-corrected chi connectivity index (χ0v) is 19.1. The van der Waals surface area contributed by atoms with E-state index >= 15 is 0 Å². The lowest BCUT2D eigenvalue weighted by atomic mass is 9.46. The summed E-state index contributed by atoms with van der Waals surface area (Å²) in [4.78, 5) is 0. The number of hydrogen-bond donors (Lipinski definition) is 2. The standard InChI is InChI=1S/C26H46N2/c1-18(2)7-5-6-13-26(28)16-12-23-21-9-8-19-17-20(27)10-14-24(19,3)22(21)11-15-25(23,26)4/h8,18,20-23H,5-7,9-17,27-28H2,1-4H3/t20-,21?,22?,23?,24?,25?,26-/m1/s1. The Morgan fingerprint density at radius 3 is 2.54 bits per heavy atom. The van der Waals surface area contributed by atoms with Crippen LogP contribution in [-0.4, -0.2) is 11.6 Å². The van der Waals surface area contributed by atoms with Crippen LogP contribution in [0.2, 0.25) is 0 Å². The Bertz CT molecular complexity index is 610. The van der Waals surface area contributed by atoms with E-state index in [1.54, 1.807) is 5.57 Å². The molecule has 5 unspecified atom stereocenters. The molecule has 2 heteroatoms. The van der Waals surface area contributed by atoms with Gasteiger partial charge >= 0.3 is 0 Å². The minimum atomic E-state index is 0.0828. The molecule has 3 saturated carbocycles. The first-order chi connectivity index (χ1) is 13.2. The topological polar surface area (TPSA) is 52.0 Å². The van der Waals surface area contributed by atoms with Crippen molar-refractivity contribution in [1.29, 1.82) is 0 Å². The molecule has 4 rings (SSSR count). The minimum absolute atomic E-state index is 0.0828. The molecule has 0 saturated heterocycles. The molecule has 28 heavy (non-hydrogen) atoms. The maximum absolute atomic E-state index is 7.24. The van der Waals surface area contributed by atoms with Crippen molar-refractivity contribution in [2.75, 3.05) is 0 Å². The van der Waals surface area contributed by atoms with Crippen molar-refractivity contribution in [3.05, 3.63) is 11.6 Å². The van der Waals surface area contributed by atoms with Gasteiger partial charge in [0.25, 0.3) is 0 Å². The van der Waals surface area contributed by atoms with Gasteiger partial charge in [-0.25, -0.2) is 0 Å². The molecule has 4 N–H and O–H groups in total. The maximum atomic E-state index is 7.24. The Hall–Kier alpha value is -0.340. The van der Waals surface area contributed by atoms with Crippen molar-refractivity contribution < 1.29 is 0 Å². The highest BCUT2D eigenvalue weighted by Crippen LogP contribution is 2.67. The van der Waals surface area contributed by atoms with Gasteiger partial charge in [-0.1, -0.05) is 58.6 Å². The highest BCUT2D eigenvalue weighted by molar-refractivity contribution is 5.26. The van der Waals surface area contributed by atoms with E-state index in [4.69, 9.17) is 11.5 Å². The monoisotopic (exact) mass is 386 g/mol. The van der Waals surface area contributed by atoms with Gasteiger partial charge in [0.05, 0.1) is 0 Å². The van der Waals surface area contributed by atoms with Gasteiger partial charge < -0.3 is 11.5 Å². The zero-order chi connectivity index (χ0) is 20.2. The second-order valence-electron chi connectivity index (χ2n) is 12.1. The Balaban J connectivity index is 1.50. The molecular weight excluding hydrogens is 340 g/mol. The molecule has 0 heterocycles. The third kappa shape index (κ3) is 3.22. The molecule has 7 atom stereocenters. The Morgan fingerprint density at radius 1 is 1.04 bits per heavy atom. The van der Waals surface area contributed by atoms with E-state index in [1.165, 1.54) is 70.6 Å². The third-order valence-electron chi connectivity index (χ3n) is 10.2. The average molecular weight is 387 g/mol. The molecule has 0 spiro atoms. The maximum Gasteiger partial charge on any atom is 0.0211 e. The van der Waals surface area contributed by atoms with E-state index in [1.807, 2.05) is 0 Å². The fourth-order valence-electron chi connectivity index (χ4n) is 8.26. The molecule has 2 nitrogen and oxygen atoms in total. The molecule has 0 aromatic rings. The molecule has 4 aliphatic rings. The quantitative estimate of drug-likeness (QED) is 0.437. The van der Waals surface area contributed by atoms with Gasteiger partial charge in [-0.05, 0) is 92.3 Å². The Kier molecular flexibility index (Phi) is 5.54. The van der Waals surface area contributed by atoms with Crippen LogP contribution in [0.25, 0.3) is 0 Å². The van der Waals surface area contributed by atoms with E-state index in [0.29, 0.717) is 16.9 Å². The number of fused-ring (bicyclic) bond motifs is 5. The highest BCUT2D eigenvalue weighted by Gasteiger charge is 2.62. The molecule has 3 fully saturated rings. The minimum Gasteiger partial charge on any atom is -0.327 e. The Morgan fingerprint density at radius 2 is 1.79 bits per heavy atom. The van der Waals surface area contributed by atoms with Crippen LogP contribution >= 0.6 is 0 Å². The molecular formula is C26H46N2. The van der Waals surface area contributed by atoms with Gasteiger partial charge in [0.1, 0.15) is 0 Å². The second-order valence-corrected chi connectivity index (χ2v) is 12.1. The highest BCUT2D eigenvalue weighted by atomic mass is 14.8. The van der Waals surface area contributed by atoms with Crippen LogP contribution < -0.4 is 11.5 Å². The van der Waals surface area contributed by atoms with Crippen LogP contribution in [0.15, 0.2) is 11.6 Å². The van der Waals surface area contributed by atoms with Crippen molar-refractivity contribution in [3.8, 4) is 0 Å². The SMILES string of the molecule is CC(C)CCCC[C@@]1(N)CCC2C3CC=C4C[C@H](N)CCC4(C)C3CCC21C. The van der Waals surface area contributed by atoms with Gasteiger partial charge in [0.2, 0.25) is 0 Å². The summed E-state index contributed by atoms with van der Waals surface area (Å²) >= 11 is 0. The van der Waals surface area contributed by atoms with Gasteiger partial charge in [0.15, 0.2) is 0 Å². The number of nitrogens with two attached hydrogens (primary N) is 2. The van der Waals surface area contributed by atoms with Gasteiger partial charge in [-0.3, -0.25) is 0 Å². The van der Waals surface area contributed by atoms with Crippen molar-refractivity contribution in [1.82, 2.24) is 0 Å². The smallest absolute Gasteiger partial charge is 0.0211 e. The first-order valence-electron chi connectivity index (χ1n) is 12.4. The summed E-state index contributed by atoms with van der Waals surface area (Å²) in [7, 11) is 0. The van der Waals surface area contributed by atoms with E-state index < -0.39 is 0 Å². The molecule has 0 radical (unpaired) electrons. The van der Waals surface area contributed by atoms with Crippen LogP contribution in [0.5, 0.6) is 0 Å². The molecule has 160 valence electrons. The average Bonchev–Trinajstić information content (AvgIpc) is 2.91. The van der Waals surface area contributed by atoms with Crippen molar-refractivity contribution in [2.45, 2.75) is 116 Å². The lowest BCUT2D eigenvalue weighted by Gasteiger charge is -2.59. The second kappa shape index (κ2) is 7.41. The normalized spacial score (nSPS) is 48.0. The van der Waals surface area contributed by atoms with E-state index in [9.17, 15) is 0 Å². The van der Waals surface area contributed by atoms with Gasteiger partial charge in [-0.15, -0.1) is 0 Å². The molecule has 0 aliphatic heterocycles. The summed E-state index contributed by atoms with van der Waals surface area (Å²) in [6, 6.07) is 0.402. The lowest BCUT2D eigenvalue weighted by molar-refractivity contribution is -0.0506. The fraction of sp³-hybridized carbons (Fsp3) is 0.923. The van der Waals surface area contributed by atoms with Gasteiger partial charge in [0, 0.05) is 11.6 Å². The van der Waals surface area contributed by atoms with E-state index in [-0.39, 0.29) is 5.54 Å². The first kappa shape index (κ1) is 20.9. The molecule has 0 aromatic carbocycles. The van der Waals surface area contributed by atoms with E-state index in [0.717, 1.165) is 30.1 Å². The van der Waals surface area contributed by atoms with Crippen LogP contribution in [-0.2, 0) is 0 Å². The van der Waals surface area contributed by atoms with E-state index in [2.05, 4.69) is 33.8 Å². The predicted molar refractivity (Wildman–Crippen MR) is 120 cm³/mol. The zero-order valence-electron chi connectivity index (χ0n) is 19.1. The van der Waals surface area contributed by atoms with Crippen molar-refractivity contribution >= 4 is 0 Å². The fourth-order valence-corrected chi connectivity index (χ4v) is 8.26.